The number of anilines is 9. The highest BCUT2D eigenvalue weighted by molar-refractivity contribution is 7.02. The highest BCUT2D eigenvalue weighted by Crippen LogP contribution is 2.51. The highest BCUT2D eigenvalue weighted by atomic mass is 16.3. The highest BCUT2D eigenvalue weighted by Gasteiger charge is 2.49. The first kappa shape index (κ1) is 31.7. The largest absolute Gasteiger partial charge is 0.456 e. The van der Waals surface area contributed by atoms with E-state index in [0.717, 1.165) is 117 Å². The number of benzene rings is 7. The lowest BCUT2D eigenvalue weighted by Crippen LogP contribution is -2.64. The monoisotopic (exact) mass is 781 g/mol. The fourth-order valence-corrected chi connectivity index (χ4v) is 10.6. The number of aromatic nitrogens is 2. The number of nitrogens with zero attached hydrogens (tertiary/aromatic N) is 5. The number of pyridine rings is 2. The lowest BCUT2D eigenvalue weighted by atomic mass is 9.32. The molecule has 282 valence electrons. The third-order valence-corrected chi connectivity index (χ3v) is 13.0. The van der Waals surface area contributed by atoms with E-state index in [2.05, 4.69) is 136 Å². The summed E-state index contributed by atoms with van der Waals surface area (Å²) >= 11 is 0. The van der Waals surface area contributed by atoms with E-state index in [-0.39, 0.29) is 6.71 Å². The lowest BCUT2D eigenvalue weighted by molar-refractivity contribution is 0.668. The summed E-state index contributed by atoms with van der Waals surface area (Å²) in [5.74, 6) is 0. The van der Waals surface area contributed by atoms with Gasteiger partial charge in [-0.3, -0.25) is 9.97 Å². The molecule has 15 rings (SSSR count). The molecule has 0 atom stereocenters. The summed E-state index contributed by atoms with van der Waals surface area (Å²) in [4.78, 5) is 16.8. The predicted octanol–water partition coefficient (Wildman–Crippen LogP) is 12.0. The number of furan rings is 3. The van der Waals surface area contributed by atoms with Crippen LogP contribution in [0.2, 0.25) is 0 Å². The molecule has 9 heteroatoms. The zero-order chi connectivity index (χ0) is 39.5. The Bertz CT molecular complexity index is 3430. The Labute approximate surface area is 347 Å². The van der Waals surface area contributed by atoms with Crippen molar-refractivity contribution in [2.45, 2.75) is 0 Å². The van der Waals surface area contributed by atoms with Crippen LogP contribution in [0.4, 0.5) is 51.2 Å². The second kappa shape index (κ2) is 11.2. The van der Waals surface area contributed by atoms with Gasteiger partial charge in [0.15, 0.2) is 11.2 Å². The molecule has 12 aromatic rings. The standard InChI is InChI=1S/C52H28BN5O3/c1-2-15-42-32(8-1)33-26-29(18-21-43(33)59-42)56-36-9-3-11-38-48(36)53-49-37(56)10-4-12-39(49)58(31-20-23-45-35(28-31)52-47(61-45)17-7-25-55-52)41-14-5-13-40(50(41)53)57(38)30-19-22-44-34(27-30)51-46(60-44)16-6-24-54-51/h1-28H. The van der Waals surface area contributed by atoms with Crippen molar-refractivity contribution in [2.75, 3.05) is 14.7 Å². The van der Waals surface area contributed by atoms with Crippen molar-refractivity contribution in [1.82, 2.24) is 9.97 Å². The second-order valence-corrected chi connectivity index (χ2v) is 16.1. The van der Waals surface area contributed by atoms with Gasteiger partial charge in [0, 0.05) is 85.1 Å². The third-order valence-electron chi connectivity index (χ3n) is 13.0. The minimum absolute atomic E-state index is 0.0360. The van der Waals surface area contributed by atoms with E-state index in [4.69, 9.17) is 23.2 Å². The molecule has 0 aliphatic carbocycles. The predicted molar refractivity (Wildman–Crippen MR) is 246 cm³/mol. The molecular formula is C52H28BN5O3. The molecule has 0 amide bonds. The first-order valence-electron chi connectivity index (χ1n) is 20.5. The summed E-state index contributed by atoms with van der Waals surface area (Å²) in [7, 11) is 0. The molecule has 5 aromatic heterocycles. The van der Waals surface area contributed by atoms with Crippen LogP contribution in [0.3, 0.4) is 0 Å². The lowest BCUT2D eigenvalue weighted by Gasteiger charge is -2.49. The Kier molecular flexibility index (Phi) is 5.84. The fourth-order valence-electron chi connectivity index (χ4n) is 10.6. The number of fused-ring (bicyclic) bond motifs is 9. The Morgan fingerprint density at radius 2 is 0.705 bits per heavy atom. The maximum atomic E-state index is 6.34. The van der Waals surface area contributed by atoms with E-state index in [0.29, 0.717) is 0 Å². The van der Waals surface area contributed by atoms with E-state index < -0.39 is 0 Å². The van der Waals surface area contributed by atoms with Crippen LogP contribution in [0.15, 0.2) is 183 Å². The van der Waals surface area contributed by atoms with Crippen molar-refractivity contribution in [3.8, 4) is 0 Å². The molecule has 0 saturated carbocycles. The average Bonchev–Trinajstić information content (AvgIpc) is 4.00. The van der Waals surface area contributed by atoms with Crippen LogP contribution in [0.5, 0.6) is 0 Å². The van der Waals surface area contributed by atoms with Crippen LogP contribution in [-0.4, -0.2) is 16.7 Å². The van der Waals surface area contributed by atoms with E-state index in [1.54, 1.807) is 0 Å². The Hall–Kier alpha value is -8.30. The minimum atomic E-state index is -0.0360. The summed E-state index contributed by atoms with van der Waals surface area (Å²) in [6.45, 7) is -0.0360. The molecule has 3 aliphatic heterocycles. The molecule has 7 aromatic carbocycles. The van der Waals surface area contributed by atoms with Crippen molar-refractivity contribution in [3.05, 3.63) is 170 Å². The van der Waals surface area contributed by atoms with E-state index in [9.17, 15) is 0 Å². The maximum Gasteiger partial charge on any atom is 0.257 e. The summed E-state index contributed by atoms with van der Waals surface area (Å²) in [5.41, 5.74) is 20.4. The van der Waals surface area contributed by atoms with Gasteiger partial charge in [-0.15, -0.1) is 0 Å². The molecule has 0 fully saturated rings. The third kappa shape index (κ3) is 4.05. The van der Waals surface area contributed by atoms with Gasteiger partial charge in [-0.2, -0.15) is 0 Å². The van der Waals surface area contributed by atoms with Crippen LogP contribution in [0.1, 0.15) is 0 Å². The van der Waals surface area contributed by atoms with Crippen molar-refractivity contribution < 1.29 is 13.3 Å². The second-order valence-electron chi connectivity index (χ2n) is 16.1. The van der Waals surface area contributed by atoms with Crippen LogP contribution in [0, 0.1) is 0 Å². The van der Waals surface area contributed by atoms with Crippen LogP contribution in [0.25, 0.3) is 66.1 Å². The van der Waals surface area contributed by atoms with Crippen molar-refractivity contribution in [2.24, 2.45) is 0 Å². The molecule has 0 radical (unpaired) electrons. The number of rotatable bonds is 3. The first-order valence-corrected chi connectivity index (χ1v) is 20.5. The quantitative estimate of drug-likeness (QED) is 0.164. The molecular weight excluding hydrogens is 753 g/mol. The average molecular weight is 782 g/mol. The summed E-state index contributed by atoms with van der Waals surface area (Å²) < 4.78 is 18.9. The van der Waals surface area contributed by atoms with E-state index in [1.807, 2.05) is 48.8 Å². The van der Waals surface area contributed by atoms with Crippen LogP contribution >= 0.6 is 0 Å². The van der Waals surface area contributed by atoms with Crippen LogP contribution < -0.4 is 31.1 Å². The number of hydrogen-bond donors (Lipinski definition) is 0. The van der Waals surface area contributed by atoms with Crippen molar-refractivity contribution in [3.63, 3.8) is 0 Å². The molecule has 0 bridgehead atoms. The maximum absolute atomic E-state index is 6.34. The van der Waals surface area contributed by atoms with Gasteiger partial charge in [0.25, 0.3) is 6.71 Å². The Morgan fingerprint density at radius 1 is 0.328 bits per heavy atom. The van der Waals surface area contributed by atoms with Gasteiger partial charge in [0.05, 0.1) is 0 Å². The van der Waals surface area contributed by atoms with Crippen molar-refractivity contribution >= 4 is 140 Å². The minimum Gasteiger partial charge on any atom is -0.456 e. The molecule has 3 aliphatic rings. The topological polar surface area (TPSA) is 74.9 Å². The van der Waals surface area contributed by atoms with Crippen molar-refractivity contribution in [1.29, 1.82) is 0 Å². The zero-order valence-corrected chi connectivity index (χ0v) is 32.2. The van der Waals surface area contributed by atoms with Gasteiger partial charge in [-0.05, 0) is 138 Å². The molecule has 0 N–H and O–H groups in total. The molecule has 8 nitrogen and oxygen atoms in total. The number of hydrogen-bond acceptors (Lipinski definition) is 8. The molecule has 61 heavy (non-hydrogen) atoms. The van der Waals surface area contributed by atoms with Gasteiger partial charge in [-0.1, -0.05) is 36.4 Å². The van der Waals surface area contributed by atoms with Gasteiger partial charge >= 0.3 is 0 Å². The Balaban J connectivity index is 1.04. The van der Waals surface area contributed by atoms with Crippen LogP contribution in [-0.2, 0) is 0 Å². The molecule has 0 spiro atoms. The van der Waals surface area contributed by atoms with Gasteiger partial charge in [-0.25, -0.2) is 0 Å². The van der Waals surface area contributed by atoms with E-state index >= 15 is 0 Å². The number of para-hydroxylation sites is 1. The Morgan fingerprint density at radius 3 is 1.18 bits per heavy atom. The zero-order valence-electron chi connectivity index (χ0n) is 32.2. The fraction of sp³-hybridized carbons (Fsp3) is 0. The van der Waals surface area contributed by atoms with Gasteiger partial charge in [0.1, 0.15) is 33.4 Å². The summed E-state index contributed by atoms with van der Waals surface area (Å²) in [6, 6.07) is 55.9. The van der Waals surface area contributed by atoms with Gasteiger partial charge < -0.3 is 28.0 Å². The summed E-state index contributed by atoms with van der Waals surface area (Å²) in [5, 5.41) is 4.15. The SMILES string of the molecule is c1cc2c3c(c1)N(c1ccc4oc5cccnc5c4c1)c1cccc4c1B3c1c(cccc1N4c1ccc3oc4cccnc4c3c1)N2c1ccc2oc3ccccc3c2c1. The molecule has 0 saturated heterocycles. The molecule has 8 heterocycles. The summed E-state index contributed by atoms with van der Waals surface area (Å²) in [6.07, 6.45) is 3.66. The first-order chi connectivity index (χ1) is 30.2. The molecule has 0 unspecified atom stereocenters. The smallest absolute Gasteiger partial charge is 0.257 e. The normalized spacial score (nSPS) is 13.8. The van der Waals surface area contributed by atoms with Gasteiger partial charge in [0.2, 0.25) is 0 Å². The van der Waals surface area contributed by atoms with E-state index in [1.165, 1.54) is 16.4 Å².